The fourth-order valence-corrected chi connectivity index (χ4v) is 3.26. The Kier molecular flexibility index (Phi) is 2.81. The number of amidine groups is 1. The highest BCUT2D eigenvalue weighted by Gasteiger charge is 2.59. The van der Waals surface area contributed by atoms with Crippen molar-refractivity contribution in [2.45, 2.75) is 30.7 Å². The molecule has 0 saturated heterocycles. The molecule has 0 saturated carbocycles. The van der Waals surface area contributed by atoms with Crippen LogP contribution in [0.5, 0.6) is 0 Å². The summed E-state index contributed by atoms with van der Waals surface area (Å²) in [4.78, 5) is 4.01. The Morgan fingerprint density at radius 2 is 2.16 bits per heavy atom. The molecule has 1 spiro atoms. The Bertz CT molecular complexity index is 562. The Balaban J connectivity index is 2.25. The number of nitrogens with two attached hydrogens (primary N) is 1. The molecule has 6 heteroatoms. The van der Waals surface area contributed by atoms with E-state index in [2.05, 4.69) is 20.9 Å². The van der Waals surface area contributed by atoms with Crippen molar-refractivity contribution in [1.29, 1.82) is 0 Å². The summed E-state index contributed by atoms with van der Waals surface area (Å²) in [5.74, 6) is -3.05. The van der Waals surface area contributed by atoms with Gasteiger partial charge in [-0.05, 0) is 42.5 Å². The molecule has 0 amide bonds. The lowest BCUT2D eigenvalue weighted by atomic mass is 9.73. The SMILES string of the molecule is NC1=N[C@@]2(CCCc3ccc(Br)cc32)C(F)(F)CO1. The molecule has 0 bridgehead atoms. The van der Waals surface area contributed by atoms with Gasteiger partial charge in [-0.15, -0.1) is 0 Å². The van der Waals surface area contributed by atoms with Gasteiger partial charge in [0.2, 0.25) is 0 Å². The van der Waals surface area contributed by atoms with Gasteiger partial charge in [0, 0.05) is 4.47 Å². The maximum absolute atomic E-state index is 14.4. The first-order chi connectivity index (χ1) is 8.95. The van der Waals surface area contributed by atoms with Crippen molar-refractivity contribution in [3.63, 3.8) is 0 Å². The molecule has 1 aliphatic carbocycles. The Labute approximate surface area is 118 Å². The van der Waals surface area contributed by atoms with Gasteiger partial charge in [-0.25, -0.2) is 4.99 Å². The van der Waals surface area contributed by atoms with Crippen LogP contribution in [-0.2, 0) is 16.7 Å². The fourth-order valence-electron chi connectivity index (χ4n) is 2.90. The molecule has 2 aliphatic rings. The lowest BCUT2D eigenvalue weighted by molar-refractivity contribution is -0.127. The molecular weight excluding hydrogens is 318 g/mol. The van der Waals surface area contributed by atoms with Crippen LogP contribution in [0.25, 0.3) is 0 Å². The van der Waals surface area contributed by atoms with Gasteiger partial charge in [0.05, 0.1) is 0 Å². The van der Waals surface area contributed by atoms with Crippen LogP contribution in [0.4, 0.5) is 8.78 Å². The summed E-state index contributed by atoms with van der Waals surface area (Å²) in [6.07, 6.45) is 1.74. The monoisotopic (exact) mass is 330 g/mol. The second-order valence-corrected chi connectivity index (χ2v) is 5.87. The number of benzene rings is 1. The first-order valence-corrected chi connectivity index (χ1v) is 6.89. The van der Waals surface area contributed by atoms with E-state index in [-0.39, 0.29) is 12.4 Å². The second kappa shape index (κ2) is 4.16. The van der Waals surface area contributed by atoms with Gasteiger partial charge in [0.1, 0.15) is 0 Å². The Morgan fingerprint density at radius 3 is 2.95 bits per heavy atom. The summed E-state index contributed by atoms with van der Waals surface area (Å²) < 4.78 is 34.4. The molecule has 1 heterocycles. The molecule has 3 nitrogen and oxygen atoms in total. The average molecular weight is 331 g/mol. The van der Waals surface area contributed by atoms with Crippen LogP contribution < -0.4 is 5.73 Å². The summed E-state index contributed by atoms with van der Waals surface area (Å²) in [6.45, 7) is -0.714. The van der Waals surface area contributed by atoms with Crippen molar-refractivity contribution in [3.05, 3.63) is 33.8 Å². The topological polar surface area (TPSA) is 47.6 Å². The Morgan fingerprint density at radius 1 is 1.37 bits per heavy atom. The smallest absolute Gasteiger partial charge is 0.310 e. The van der Waals surface area contributed by atoms with E-state index in [4.69, 9.17) is 10.5 Å². The molecule has 1 aliphatic heterocycles. The van der Waals surface area contributed by atoms with E-state index in [1.807, 2.05) is 12.1 Å². The predicted molar refractivity (Wildman–Crippen MR) is 71.3 cm³/mol. The minimum Gasteiger partial charge on any atom is -0.459 e. The summed E-state index contributed by atoms with van der Waals surface area (Å²) >= 11 is 3.34. The van der Waals surface area contributed by atoms with E-state index in [0.29, 0.717) is 12.0 Å². The van der Waals surface area contributed by atoms with E-state index in [1.165, 1.54) is 0 Å². The van der Waals surface area contributed by atoms with Crippen LogP contribution in [0.1, 0.15) is 24.0 Å². The van der Waals surface area contributed by atoms with Crippen LogP contribution >= 0.6 is 15.9 Å². The molecule has 0 fully saturated rings. The van der Waals surface area contributed by atoms with Gasteiger partial charge in [-0.3, -0.25) is 0 Å². The number of rotatable bonds is 0. The molecule has 0 aromatic heterocycles. The quantitative estimate of drug-likeness (QED) is 0.795. The zero-order valence-corrected chi connectivity index (χ0v) is 11.7. The third-order valence-electron chi connectivity index (χ3n) is 3.81. The van der Waals surface area contributed by atoms with Crippen LogP contribution in [0, 0.1) is 0 Å². The fraction of sp³-hybridized carbons (Fsp3) is 0.462. The maximum Gasteiger partial charge on any atom is 0.310 e. The summed E-state index contributed by atoms with van der Waals surface area (Å²) in [5.41, 5.74) is 5.43. The molecule has 1 aromatic rings. The lowest BCUT2D eigenvalue weighted by Gasteiger charge is -2.43. The van der Waals surface area contributed by atoms with Crippen molar-refractivity contribution in [2.75, 3.05) is 6.61 Å². The van der Waals surface area contributed by atoms with Gasteiger partial charge in [-0.2, -0.15) is 8.78 Å². The van der Waals surface area contributed by atoms with E-state index in [9.17, 15) is 8.78 Å². The molecule has 0 unspecified atom stereocenters. The number of halogens is 3. The van der Waals surface area contributed by atoms with Crippen molar-refractivity contribution in [3.8, 4) is 0 Å². The molecule has 3 rings (SSSR count). The van der Waals surface area contributed by atoms with E-state index in [1.54, 1.807) is 6.07 Å². The molecule has 2 N–H and O–H groups in total. The van der Waals surface area contributed by atoms with Crippen molar-refractivity contribution < 1.29 is 13.5 Å². The predicted octanol–water partition coefficient (Wildman–Crippen LogP) is 2.96. The van der Waals surface area contributed by atoms with Crippen molar-refractivity contribution in [2.24, 2.45) is 10.7 Å². The van der Waals surface area contributed by atoms with Crippen LogP contribution in [-0.4, -0.2) is 18.6 Å². The third-order valence-corrected chi connectivity index (χ3v) is 4.30. The van der Waals surface area contributed by atoms with Crippen LogP contribution in [0.3, 0.4) is 0 Å². The number of nitrogens with zero attached hydrogens (tertiary/aromatic N) is 1. The molecule has 102 valence electrons. The first kappa shape index (κ1) is 12.8. The maximum atomic E-state index is 14.4. The van der Waals surface area contributed by atoms with Crippen LogP contribution in [0.2, 0.25) is 0 Å². The van der Waals surface area contributed by atoms with Gasteiger partial charge in [-0.1, -0.05) is 22.0 Å². The molecule has 1 aromatic carbocycles. The third kappa shape index (κ3) is 1.84. The zero-order valence-electron chi connectivity index (χ0n) is 10.1. The molecular formula is C13H13BrF2N2O. The van der Waals surface area contributed by atoms with Gasteiger partial charge < -0.3 is 10.5 Å². The highest BCUT2D eigenvalue weighted by atomic mass is 79.9. The summed E-state index contributed by atoms with van der Waals surface area (Å²) in [7, 11) is 0. The largest absolute Gasteiger partial charge is 0.459 e. The standard InChI is InChI=1S/C13H13BrF2N2O/c14-9-4-3-8-2-1-5-12(10(8)6-9)13(15,16)7-19-11(17)18-12/h3-4,6H,1-2,5,7H2,(H2,17,18)/t12-/m1/s1. The first-order valence-electron chi connectivity index (χ1n) is 6.09. The zero-order chi connectivity index (χ0) is 13.7. The molecule has 1 atom stereocenters. The summed E-state index contributed by atoms with van der Waals surface area (Å²) in [5, 5.41) is 0. The van der Waals surface area contributed by atoms with Gasteiger partial charge >= 0.3 is 5.92 Å². The van der Waals surface area contributed by atoms with Crippen LogP contribution in [0.15, 0.2) is 27.7 Å². The number of ether oxygens (including phenoxy) is 1. The molecule has 0 radical (unpaired) electrons. The van der Waals surface area contributed by atoms with E-state index >= 15 is 0 Å². The molecule has 19 heavy (non-hydrogen) atoms. The average Bonchev–Trinajstić information content (AvgIpc) is 2.36. The summed E-state index contributed by atoms with van der Waals surface area (Å²) in [6, 6.07) is 5.31. The number of aliphatic imine (C=N–C) groups is 1. The minimum atomic E-state index is -3.05. The second-order valence-electron chi connectivity index (χ2n) is 4.96. The van der Waals surface area contributed by atoms with Gasteiger partial charge in [0.15, 0.2) is 12.1 Å². The number of fused-ring (bicyclic) bond motifs is 2. The van der Waals surface area contributed by atoms with Crippen molar-refractivity contribution >= 4 is 22.0 Å². The van der Waals surface area contributed by atoms with E-state index in [0.717, 1.165) is 16.5 Å². The number of alkyl halides is 2. The number of aryl methyl sites for hydroxylation is 1. The van der Waals surface area contributed by atoms with E-state index < -0.39 is 18.1 Å². The Hall–Kier alpha value is -1.17. The normalized spacial score (nSPS) is 28.5. The number of hydrogen-bond donors (Lipinski definition) is 1. The minimum absolute atomic E-state index is 0.154. The highest BCUT2D eigenvalue weighted by Crippen LogP contribution is 2.51. The van der Waals surface area contributed by atoms with Crippen molar-refractivity contribution in [1.82, 2.24) is 0 Å². The lowest BCUT2D eigenvalue weighted by Crippen LogP contribution is -2.54. The number of hydrogen-bond acceptors (Lipinski definition) is 3. The highest BCUT2D eigenvalue weighted by molar-refractivity contribution is 9.10. The van der Waals surface area contributed by atoms with Gasteiger partial charge in [0.25, 0.3) is 6.02 Å².